The summed E-state index contributed by atoms with van der Waals surface area (Å²) in [6.45, 7) is 3.62. The Balaban J connectivity index is 1.84. The molecule has 0 fully saturated rings. The summed E-state index contributed by atoms with van der Waals surface area (Å²) in [5, 5.41) is 13.6. The minimum Gasteiger partial charge on any atom is -0.325 e. The summed E-state index contributed by atoms with van der Waals surface area (Å²) < 4.78 is 41.1. The van der Waals surface area contributed by atoms with Crippen molar-refractivity contribution in [2.75, 3.05) is 5.32 Å². The van der Waals surface area contributed by atoms with Gasteiger partial charge in [-0.25, -0.2) is 0 Å². The van der Waals surface area contributed by atoms with E-state index in [1.54, 1.807) is 0 Å². The van der Waals surface area contributed by atoms with Gasteiger partial charge in [0, 0.05) is 0 Å². The lowest BCUT2D eigenvalue weighted by atomic mass is 10.1. The van der Waals surface area contributed by atoms with E-state index in [0.29, 0.717) is 10.8 Å². The van der Waals surface area contributed by atoms with Crippen LogP contribution in [0.5, 0.6) is 0 Å². The molecule has 1 N–H and O–H groups in total. The molecule has 0 aliphatic carbocycles. The summed E-state index contributed by atoms with van der Waals surface area (Å²) in [6, 6.07) is 14.0. The SMILES string of the molecule is CC(C)C(Sc1nnnn1-c1ccccc1)C(=O)Nc1ccccc1C(F)(F)F. The second kappa shape index (κ2) is 8.64. The first-order chi connectivity index (χ1) is 13.8. The van der Waals surface area contributed by atoms with Crippen LogP contribution in [0, 0.1) is 5.92 Å². The number of tetrazole rings is 1. The van der Waals surface area contributed by atoms with Crippen molar-refractivity contribution in [1.82, 2.24) is 20.2 Å². The van der Waals surface area contributed by atoms with E-state index in [0.717, 1.165) is 17.8 Å². The molecule has 29 heavy (non-hydrogen) atoms. The van der Waals surface area contributed by atoms with Crippen LogP contribution >= 0.6 is 11.8 Å². The van der Waals surface area contributed by atoms with Crippen molar-refractivity contribution in [1.29, 1.82) is 0 Å². The summed E-state index contributed by atoms with van der Waals surface area (Å²) in [5.74, 6) is -0.733. The zero-order valence-electron chi connectivity index (χ0n) is 15.6. The summed E-state index contributed by atoms with van der Waals surface area (Å²) >= 11 is 1.10. The van der Waals surface area contributed by atoms with Gasteiger partial charge in [0.25, 0.3) is 0 Å². The van der Waals surface area contributed by atoms with Gasteiger partial charge in [0.2, 0.25) is 11.1 Å². The fourth-order valence-corrected chi connectivity index (χ4v) is 3.62. The van der Waals surface area contributed by atoms with Crippen molar-refractivity contribution in [3.8, 4) is 5.69 Å². The Bertz CT molecular complexity index is 975. The lowest BCUT2D eigenvalue weighted by molar-refractivity contribution is -0.137. The first-order valence-electron chi connectivity index (χ1n) is 8.75. The van der Waals surface area contributed by atoms with Crippen LogP contribution in [0.25, 0.3) is 5.69 Å². The number of carbonyl (C=O) groups is 1. The number of benzene rings is 2. The van der Waals surface area contributed by atoms with Crippen LogP contribution in [-0.2, 0) is 11.0 Å². The molecule has 1 aromatic heterocycles. The van der Waals surface area contributed by atoms with Gasteiger partial charge in [-0.05, 0) is 40.6 Å². The Labute approximate surface area is 169 Å². The minimum absolute atomic E-state index is 0.182. The number of amides is 1. The number of alkyl halides is 3. The maximum atomic E-state index is 13.2. The number of nitrogens with zero attached hydrogens (tertiary/aromatic N) is 4. The van der Waals surface area contributed by atoms with Gasteiger partial charge in [0.15, 0.2) is 0 Å². The summed E-state index contributed by atoms with van der Waals surface area (Å²) in [5.41, 5.74) is -0.459. The summed E-state index contributed by atoms with van der Waals surface area (Å²) in [6.07, 6.45) is -4.57. The number of para-hydroxylation sites is 2. The predicted molar refractivity (Wildman–Crippen MR) is 104 cm³/mol. The van der Waals surface area contributed by atoms with Gasteiger partial charge in [-0.1, -0.05) is 55.9 Å². The molecule has 1 atom stereocenters. The second-order valence-corrected chi connectivity index (χ2v) is 7.63. The molecule has 1 amide bonds. The fraction of sp³-hybridized carbons (Fsp3) is 0.263. The third-order valence-electron chi connectivity index (χ3n) is 4.03. The average molecular weight is 421 g/mol. The number of thioether (sulfide) groups is 1. The van der Waals surface area contributed by atoms with Crippen LogP contribution < -0.4 is 5.32 Å². The zero-order chi connectivity index (χ0) is 21.0. The van der Waals surface area contributed by atoms with Gasteiger partial charge in [-0.15, -0.1) is 5.10 Å². The first kappa shape index (κ1) is 20.8. The number of carbonyl (C=O) groups excluding carboxylic acids is 1. The number of anilines is 1. The van der Waals surface area contributed by atoms with Crippen LogP contribution in [0.1, 0.15) is 19.4 Å². The topological polar surface area (TPSA) is 72.7 Å². The van der Waals surface area contributed by atoms with Crippen molar-refractivity contribution in [3.05, 3.63) is 60.2 Å². The van der Waals surface area contributed by atoms with Gasteiger partial charge < -0.3 is 5.32 Å². The van der Waals surface area contributed by atoms with Crippen LogP contribution in [0.3, 0.4) is 0 Å². The second-order valence-electron chi connectivity index (χ2n) is 6.52. The number of rotatable bonds is 6. The molecular formula is C19H18F3N5OS. The molecule has 10 heteroatoms. The van der Waals surface area contributed by atoms with Crippen LogP contribution in [-0.4, -0.2) is 31.4 Å². The molecule has 0 spiro atoms. The average Bonchev–Trinajstić information content (AvgIpc) is 3.14. The normalized spacial score (nSPS) is 12.8. The highest BCUT2D eigenvalue weighted by atomic mass is 32.2. The quantitative estimate of drug-likeness (QED) is 0.596. The largest absolute Gasteiger partial charge is 0.418 e. The Morgan fingerprint density at radius 1 is 1.07 bits per heavy atom. The van der Waals surface area contributed by atoms with E-state index in [1.807, 2.05) is 44.2 Å². The molecular weight excluding hydrogens is 403 g/mol. The lowest BCUT2D eigenvalue weighted by Crippen LogP contribution is -2.30. The molecule has 6 nitrogen and oxygen atoms in total. The number of nitrogens with one attached hydrogen (secondary N) is 1. The van der Waals surface area contributed by atoms with E-state index in [4.69, 9.17) is 0 Å². The molecule has 3 aromatic rings. The monoisotopic (exact) mass is 421 g/mol. The highest BCUT2D eigenvalue weighted by molar-refractivity contribution is 8.00. The van der Waals surface area contributed by atoms with Gasteiger partial charge in [0.05, 0.1) is 22.2 Å². The lowest BCUT2D eigenvalue weighted by Gasteiger charge is -2.20. The van der Waals surface area contributed by atoms with Crippen molar-refractivity contribution < 1.29 is 18.0 Å². The van der Waals surface area contributed by atoms with Crippen LogP contribution in [0.4, 0.5) is 18.9 Å². The van der Waals surface area contributed by atoms with E-state index in [-0.39, 0.29) is 11.6 Å². The highest BCUT2D eigenvalue weighted by Gasteiger charge is 2.35. The van der Waals surface area contributed by atoms with E-state index in [2.05, 4.69) is 20.8 Å². The maximum absolute atomic E-state index is 13.2. The van der Waals surface area contributed by atoms with Gasteiger partial charge in [-0.2, -0.15) is 17.9 Å². The minimum atomic E-state index is -4.57. The first-order valence-corrected chi connectivity index (χ1v) is 9.63. The molecule has 2 aromatic carbocycles. The molecule has 152 valence electrons. The van der Waals surface area contributed by atoms with Gasteiger partial charge >= 0.3 is 6.18 Å². The highest BCUT2D eigenvalue weighted by Crippen LogP contribution is 2.35. The molecule has 1 heterocycles. The van der Waals surface area contributed by atoms with Crippen molar-refractivity contribution in [3.63, 3.8) is 0 Å². The molecule has 0 radical (unpaired) electrons. The van der Waals surface area contributed by atoms with E-state index in [9.17, 15) is 18.0 Å². The Hall–Kier alpha value is -2.88. The third-order valence-corrected chi connectivity index (χ3v) is 5.51. The Kier molecular flexibility index (Phi) is 6.21. The molecule has 1 unspecified atom stereocenters. The summed E-state index contributed by atoms with van der Waals surface area (Å²) in [4.78, 5) is 12.8. The Morgan fingerprint density at radius 2 is 1.72 bits per heavy atom. The molecule has 3 rings (SSSR count). The van der Waals surface area contributed by atoms with Gasteiger partial charge in [0.1, 0.15) is 0 Å². The molecule has 0 aliphatic heterocycles. The predicted octanol–water partition coefficient (Wildman–Crippen LogP) is 4.44. The molecule has 0 saturated carbocycles. The fourth-order valence-electron chi connectivity index (χ4n) is 2.63. The van der Waals surface area contributed by atoms with Crippen molar-refractivity contribution in [2.45, 2.75) is 30.4 Å². The maximum Gasteiger partial charge on any atom is 0.418 e. The number of hydrogen-bond donors (Lipinski definition) is 1. The van der Waals surface area contributed by atoms with E-state index >= 15 is 0 Å². The van der Waals surface area contributed by atoms with E-state index < -0.39 is 22.9 Å². The Morgan fingerprint density at radius 3 is 2.38 bits per heavy atom. The standard InChI is InChI=1S/C19H18F3N5OS/c1-12(2)16(17(28)23-15-11-7-6-10-14(15)19(20,21)22)29-18-24-25-26-27(18)13-8-4-3-5-9-13/h3-12,16H,1-2H3,(H,23,28). The molecule has 0 bridgehead atoms. The number of aromatic nitrogens is 4. The molecule has 0 saturated heterocycles. The smallest absolute Gasteiger partial charge is 0.325 e. The van der Waals surface area contributed by atoms with E-state index in [1.165, 1.54) is 22.9 Å². The van der Waals surface area contributed by atoms with Crippen molar-refractivity contribution >= 4 is 23.4 Å². The zero-order valence-corrected chi connectivity index (χ0v) is 16.4. The number of hydrogen-bond acceptors (Lipinski definition) is 5. The third kappa shape index (κ3) is 4.94. The molecule has 0 aliphatic rings. The van der Waals surface area contributed by atoms with Crippen molar-refractivity contribution in [2.24, 2.45) is 5.92 Å². The summed E-state index contributed by atoms with van der Waals surface area (Å²) in [7, 11) is 0. The van der Waals surface area contributed by atoms with Gasteiger partial charge in [-0.3, -0.25) is 4.79 Å². The van der Waals surface area contributed by atoms with Crippen LogP contribution in [0.15, 0.2) is 59.8 Å². The van der Waals surface area contributed by atoms with Crippen LogP contribution in [0.2, 0.25) is 0 Å². The number of halogens is 3.